The van der Waals surface area contributed by atoms with Crippen LogP contribution < -0.4 is 14.8 Å². The highest BCUT2D eigenvalue weighted by molar-refractivity contribution is 5.78. The highest BCUT2D eigenvalue weighted by Gasteiger charge is 2.30. The monoisotopic (exact) mass is 288 g/mol. The zero-order chi connectivity index (χ0) is 14.7. The molecule has 2 unspecified atom stereocenters. The van der Waals surface area contributed by atoms with E-state index < -0.39 is 5.97 Å². The zero-order valence-corrected chi connectivity index (χ0v) is 11.5. The summed E-state index contributed by atoms with van der Waals surface area (Å²) in [6.07, 6.45) is 6.70. The number of rotatable bonds is 1. The number of aromatic nitrogens is 1. The molecule has 0 saturated carbocycles. The van der Waals surface area contributed by atoms with Crippen LogP contribution in [0.3, 0.4) is 0 Å². The third kappa shape index (κ3) is 3.28. The van der Waals surface area contributed by atoms with E-state index in [1.165, 1.54) is 6.20 Å². The maximum absolute atomic E-state index is 12.0. The summed E-state index contributed by atoms with van der Waals surface area (Å²) in [5.41, 5.74) is 0. The van der Waals surface area contributed by atoms with Crippen LogP contribution in [0.25, 0.3) is 0 Å². The quantitative estimate of drug-likeness (QED) is 0.618. The van der Waals surface area contributed by atoms with Gasteiger partial charge in [0.25, 0.3) is 5.88 Å². The second kappa shape index (κ2) is 6.05. The van der Waals surface area contributed by atoms with E-state index in [0.29, 0.717) is 0 Å². The van der Waals surface area contributed by atoms with Gasteiger partial charge in [-0.05, 0) is 24.5 Å². The molecule has 0 bridgehead atoms. The molecule has 0 radical (unpaired) electrons. The van der Waals surface area contributed by atoms with E-state index in [4.69, 9.17) is 9.47 Å². The van der Waals surface area contributed by atoms with E-state index in [0.717, 1.165) is 13.0 Å². The highest BCUT2D eigenvalue weighted by atomic mass is 16.6. The van der Waals surface area contributed by atoms with E-state index in [1.807, 2.05) is 6.08 Å². The lowest BCUT2D eigenvalue weighted by Gasteiger charge is -2.27. The van der Waals surface area contributed by atoms with Gasteiger partial charge in [0.1, 0.15) is 0 Å². The molecule has 2 aliphatic heterocycles. The minimum atomic E-state index is -0.394. The van der Waals surface area contributed by atoms with Crippen LogP contribution in [-0.2, 0) is 9.59 Å². The average Bonchev–Trinajstić information content (AvgIpc) is 2.55. The van der Waals surface area contributed by atoms with Gasteiger partial charge in [0.15, 0.2) is 5.75 Å². The molecule has 1 aromatic rings. The summed E-state index contributed by atoms with van der Waals surface area (Å²) in [5.74, 6) is -0.677. The normalized spacial score (nSPS) is 25.9. The van der Waals surface area contributed by atoms with Gasteiger partial charge >= 0.3 is 11.9 Å². The van der Waals surface area contributed by atoms with E-state index in [-0.39, 0.29) is 42.4 Å². The standard InChI is InChI=1S/C15H16N2O4/c18-13-8-10(11-4-1-2-6-16-11)9-14(19)21-15-12(20-13)5-3-7-17-15/h1-3,5,7,10-11,16H,4,6,8-9H2. The number of nitrogens with one attached hydrogen (secondary N) is 1. The number of fused-ring (bicyclic) bond motifs is 1. The molecule has 21 heavy (non-hydrogen) atoms. The van der Waals surface area contributed by atoms with Crippen LogP contribution in [0, 0.1) is 5.92 Å². The predicted molar refractivity (Wildman–Crippen MR) is 73.8 cm³/mol. The first-order valence-corrected chi connectivity index (χ1v) is 6.97. The van der Waals surface area contributed by atoms with Crippen LogP contribution in [0.15, 0.2) is 30.5 Å². The van der Waals surface area contributed by atoms with Gasteiger partial charge in [0, 0.05) is 18.8 Å². The smallest absolute Gasteiger partial charge is 0.313 e. The van der Waals surface area contributed by atoms with Gasteiger partial charge in [0.2, 0.25) is 0 Å². The zero-order valence-electron chi connectivity index (χ0n) is 11.5. The Labute approximate surface area is 122 Å². The minimum absolute atomic E-state index is 0.0491. The van der Waals surface area contributed by atoms with Gasteiger partial charge in [-0.25, -0.2) is 4.98 Å². The van der Waals surface area contributed by atoms with Crippen molar-refractivity contribution in [1.82, 2.24) is 10.3 Å². The summed E-state index contributed by atoms with van der Waals surface area (Å²) in [6.45, 7) is 0.743. The average molecular weight is 288 g/mol. The van der Waals surface area contributed by atoms with Crippen molar-refractivity contribution >= 4 is 11.9 Å². The van der Waals surface area contributed by atoms with Crippen LogP contribution >= 0.6 is 0 Å². The molecular weight excluding hydrogens is 272 g/mol. The topological polar surface area (TPSA) is 77.5 Å². The Morgan fingerprint density at radius 3 is 2.71 bits per heavy atom. The van der Waals surface area contributed by atoms with Crippen molar-refractivity contribution < 1.29 is 19.1 Å². The van der Waals surface area contributed by atoms with Crippen molar-refractivity contribution in [2.45, 2.75) is 25.3 Å². The summed E-state index contributed by atoms with van der Waals surface area (Å²) in [5, 5.41) is 3.30. The molecule has 2 atom stereocenters. The maximum Gasteiger partial charge on any atom is 0.313 e. The molecule has 1 aromatic heterocycles. The number of carbonyl (C=O) groups excluding carboxylic acids is 2. The van der Waals surface area contributed by atoms with Gasteiger partial charge in [-0.3, -0.25) is 9.59 Å². The van der Waals surface area contributed by atoms with E-state index in [2.05, 4.69) is 16.4 Å². The van der Waals surface area contributed by atoms with Gasteiger partial charge < -0.3 is 14.8 Å². The molecule has 0 saturated heterocycles. The van der Waals surface area contributed by atoms with Crippen LogP contribution in [0.1, 0.15) is 19.3 Å². The molecule has 0 fully saturated rings. The molecule has 0 aliphatic carbocycles. The van der Waals surface area contributed by atoms with Crippen LogP contribution in [0.4, 0.5) is 0 Å². The molecule has 3 rings (SSSR count). The van der Waals surface area contributed by atoms with Crippen molar-refractivity contribution in [3.63, 3.8) is 0 Å². The molecule has 1 N–H and O–H groups in total. The van der Waals surface area contributed by atoms with Crippen LogP contribution in [0.2, 0.25) is 0 Å². The molecule has 110 valence electrons. The summed E-state index contributed by atoms with van der Waals surface area (Å²) in [7, 11) is 0. The lowest BCUT2D eigenvalue weighted by molar-refractivity contribution is -0.136. The number of nitrogens with zero attached hydrogens (tertiary/aromatic N) is 1. The summed E-state index contributed by atoms with van der Waals surface area (Å²) < 4.78 is 10.5. The van der Waals surface area contributed by atoms with E-state index in [9.17, 15) is 9.59 Å². The molecule has 0 amide bonds. The van der Waals surface area contributed by atoms with Crippen molar-refractivity contribution in [3.8, 4) is 11.6 Å². The third-order valence-corrected chi connectivity index (χ3v) is 3.65. The molecule has 6 nitrogen and oxygen atoms in total. The summed E-state index contributed by atoms with van der Waals surface area (Å²) >= 11 is 0. The Kier molecular flexibility index (Phi) is 3.96. The van der Waals surface area contributed by atoms with Crippen molar-refractivity contribution in [3.05, 3.63) is 30.5 Å². The Morgan fingerprint density at radius 2 is 1.95 bits per heavy atom. The Balaban J connectivity index is 1.81. The van der Waals surface area contributed by atoms with Crippen LogP contribution in [-0.4, -0.2) is 29.5 Å². The summed E-state index contributed by atoms with van der Waals surface area (Å²) in [4.78, 5) is 28.0. The van der Waals surface area contributed by atoms with Crippen LogP contribution in [0.5, 0.6) is 11.6 Å². The molecule has 3 heterocycles. The second-order valence-corrected chi connectivity index (χ2v) is 5.15. The second-order valence-electron chi connectivity index (χ2n) is 5.15. The van der Waals surface area contributed by atoms with Crippen molar-refractivity contribution in [2.75, 3.05) is 6.54 Å². The Bertz CT molecular complexity index is 546. The fraction of sp³-hybridized carbons (Fsp3) is 0.400. The number of pyridine rings is 1. The minimum Gasteiger partial charge on any atom is -0.421 e. The molecular formula is C15H16N2O4. The maximum atomic E-state index is 12.0. The first kappa shape index (κ1) is 13.8. The fourth-order valence-electron chi connectivity index (χ4n) is 2.62. The van der Waals surface area contributed by atoms with E-state index in [1.54, 1.807) is 12.1 Å². The predicted octanol–water partition coefficient (Wildman–Crippen LogP) is 1.22. The van der Waals surface area contributed by atoms with Gasteiger partial charge in [-0.1, -0.05) is 12.2 Å². The number of esters is 2. The lowest BCUT2D eigenvalue weighted by atomic mass is 9.89. The number of carbonyl (C=O) groups is 2. The molecule has 2 aliphatic rings. The largest absolute Gasteiger partial charge is 0.421 e. The van der Waals surface area contributed by atoms with Gasteiger partial charge in [-0.15, -0.1) is 0 Å². The Morgan fingerprint density at radius 1 is 1.14 bits per heavy atom. The number of hydrogen-bond acceptors (Lipinski definition) is 6. The fourth-order valence-corrected chi connectivity index (χ4v) is 2.62. The highest BCUT2D eigenvalue weighted by Crippen LogP contribution is 2.29. The first-order valence-electron chi connectivity index (χ1n) is 6.97. The van der Waals surface area contributed by atoms with Gasteiger partial charge in [0.05, 0.1) is 12.8 Å². The van der Waals surface area contributed by atoms with Crippen molar-refractivity contribution in [1.29, 1.82) is 0 Å². The summed E-state index contributed by atoms with van der Waals surface area (Å²) in [6, 6.07) is 3.27. The molecule has 6 heteroatoms. The SMILES string of the molecule is O=C1CC(C2CC=CCN2)CC(=O)Oc2ncccc2O1. The number of ether oxygens (including phenoxy) is 2. The first-order chi connectivity index (χ1) is 10.2. The number of hydrogen-bond donors (Lipinski definition) is 1. The molecule has 0 spiro atoms. The Hall–Kier alpha value is -2.21. The van der Waals surface area contributed by atoms with Crippen molar-refractivity contribution in [2.24, 2.45) is 5.92 Å². The molecule has 0 aromatic carbocycles. The van der Waals surface area contributed by atoms with Gasteiger partial charge in [-0.2, -0.15) is 0 Å². The van der Waals surface area contributed by atoms with E-state index >= 15 is 0 Å². The third-order valence-electron chi connectivity index (χ3n) is 3.65. The lowest BCUT2D eigenvalue weighted by Crippen LogP contribution is -2.40.